The van der Waals surface area contributed by atoms with Gasteiger partial charge in [0.1, 0.15) is 5.82 Å². The molecule has 1 amide bonds. The Balaban J connectivity index is 1.57. The minimum Gasteiger partial charge on any atom is -0.366 e. The van der Waals surface area contributed by atoms with Crippen LogP contribution in [0.3, 0.4) is 0 Å². The number of nitrogens with two attached hydrogens (primary N) is 1. The Kier molecular flexibility index (Phi) is 5.56. The fourth-order valence-electron chi connectivity index (χ4n) is 3.18. The number of hydrogen-bond donors (Lipinski definition) is 2. The number of carbonyl (C=O) groups excluding carboxylic acids is 1. The van der Waals surface area contributed by atoms with Gasteiger partial charge in [0.2, 0.25) is 5.91 Å². The number of benzene rings is 3. The molecule has 0 atom stereocenters. The predicted molar refractivity (Wildman–Crippen MR) is 117 cm³/mol. The highest BCUT2D eigenvalue weighted by Gasteiger charge is 2.28. The molecule has 4 rings (SSSR count). The fraction of sp³-hybridized carbons (Fsp3) is 0.0435. The molecule has 0 fully saturated rings. The number of halogens is 3. The van der Waals surface area contributed by atoms with Gasteiger partial charge in [-0.15, -0.1) is 0 Å². The molecule has 0 spiro atoms. The van der Waals surface area contributed by atoms with E-state index in [0.717, 1.165) is 27.7 Å². The molecule has 8 heteroatoms. The number of imidazole rings is 1. The Morgan fingerprint density at radius 2 is 1.74 bits per heavy atom. The third-order valence-electron chi connectivity index (χ3n) is 4.55. The maximum atomic E-state index is 12.4. The van der Waals surface area contributed by atoms with E-state index in [1.807, 2.05) is 30.3 Å². The number of H-pyrrole nitrogens is 1. The van der Waals surface area contributed by atoms with Crippen LogP contribution in [0.4, 0.5) is 13.2 Å². The molecule has 4 nitrogen and oxygen atoms in total. The van der Waals surface area contributed by atoms with Crippen LogP contribution in [0.5, 0.6) is 0 Å². The van der Waals surface area contributed by atoms with E-state index in [2.05, 4.69) is 9.97 Å². The molecular weight excluding hydrogens is 423 g/mol. The molecule has 0 radical (unpaired) electrons. The average Bonchev–Trinajstić information content (AvgIpc) is 3.14. The maximum Gasteiger partial charge on any atom is 0.446 e. The third kappa shape index (κ3) is 4.97. The molecule has 0 aliphatic heterocycles. The molecule has 1 aromatic heterocycles. The summed E-state index contributed by atoms with van der Waals surface area (Å²) in [4.78, 5) is 19.5. The summed E-state index contributed by atoms with van der Waals surface area (Å²) in [7, 11) is 0. The lowest BCUT2D eigenvalue weighted by atomic mass is 9.99. The Morgan fingerprint density at radius 3 is 2.45 bits per heavy atom. The van der Waals surface area contributed by atoms with E-state index < -0.39 is 11.4 Å². The van der Waals surface area contributed by atoms with Gasteiger partial charge >= 0.3 is 5.51 Å². The van der Waals surface area contributed by atoms with E-state index in [0.29, 0.717) is 11.4 Å². The van der Waals surface area contributed by atoms with Crippen molar-refractivity contribution in [2.45, 2.75) is 10.4 Å². The number of amides is 1. The minimum atomic E-state index is -4.30. The van der Waals surface area contributed by atoms with Crippen molar-refractivity contribution in [1.29, 1.82) is 0 Å². The maximum absolute atomic E-state index is 12.4. The minimum absolute atomic E-state index is 0.136. The zero-order valence-electron chi connectivity index (χ0n) is 16.0. The monoisotopic (exact) mass is 439 g/mol. The largest absolute Gasteiger partial charge is 0.446 e. The Morgan fingerprint density at radius 1 is 1.00 bits per heavy atom. The second-order valence-corrected chi connectivity index (χ2v) is 7.85. The van der Waals surface area contributed by atoms with Gasteiger partial charge in [0.25, 0.3) is 0 Å². The van der Waals surface area contributed by atoms with Crippen molar-refractivity contribution >= 4 is 40.9 Å². The van der Waals surface area contributed by atoms with Crippen LogP contribution in [-0.4, -0.2) is 21.4 Å². The van der Waals surface area contributed by atoms with Gasteiger partial charge in [-0.25, -0.2) is 4.98 Å². The quantitative estimate of drug-likeness (QED) is 0.369. The number of nitrogens with one attached hydrogen (secondary N) is 1. The number of nitrogens with zero attached hydrogens (tertiary/aromatic N) is 1. The number of thioether (sulfide) groups is 1. The van der Waals surface area contributed by atoms with Crippen LogP contribution in [0.15, 0.2) is 71.6 Å². The van der Waals surface area contributed by atoms with Gasteiger partial charge < -0.3 is 10.7 Å². The number of fused-ring (bicyclic) bond motifs is 1. The molecule has 0 aliphatic rings. The second kappa shape index (κ2) is 8.31. The van der Waals surface area contributed by atoms with Gasteiger partial charge in [-0.05, 0) is 64.9 Å². The molecule has 3 aromatic carbocycles. The smallest absolute Gasteiger partial charge is 0.366 e. The van der Waals surface area contributed by atoms with Gasteiger partial charge in [0.05, 0.1) is 11.0 Å². The van der Waals surface area contributed by atoms with E-state index in [1.54, 1.807) is 36.4 Å². The molecule has 3 N–H and O–H groups in total. The molecule has 0 unspecified atom stereocenters. The average molecular weight is 439 g/mol. The number of aromatic nitrogens is 2. The van der Waals surface area contributed by atoms with Gasteiger partial charge in [-0.1, -0.05) is 42.5 Å². The summed E-state index contributed by atoms with van der Waals surface area (Å²) in [5.74, 6) is 0.104. The van der Waals surface area contributed by atoms with Crippen LogP contribution >= 0.6 is 11.8 Å². The number of carbonyl (C=O) groups is 1. The van der Waals surface area contributed by atoms with E-state index in [9.17, 15) is 18.0 Å². The number of aromatic amines is 1. The van der Waals surface area contributed by atoms with Gasteiger partial charge in [-0.3, -0.25) is 4.79 Å². The van der Waals surface area contributed by atoms with Crippen LogP contribution in [0.1, 0.15) is 21.7 Å². The van der Waals surface area contributed by atoms with Gasteiger partial charge in [-0.2, -0.15) is 13.2 Å². The molecule has 0 saturated heterocycles. The lowest BCUT2D eigenvalue weighted by Crippen LogP contribution is -2.12. The topological polar surface area (TPSA) is 71.8 Å². The first-order valence-electron chi connectivity index (χ1n) is 9.21. The standard InChI is InChI=1S/C23H16F3N3OS/c24-23(25,26)31-16-9-5-14(6-10-16)7-12-21-28-19-11-8-15(13-20(19)29-21)17-3-1-2-4-18(17)22(27)30/h1-13H,(H2,27,30)(H,28,29). The summed E-state index contributed by atoms with van der Waals surface area (Å²) in [5.41, 5.74) is 5.47. The number of primary amides is 1. The zero-order chi connectivity index (χ0) is 22.0. The Bertz CT molecular complexity index is 1280. The van der Waals surface area contributed by atoms with E-state index in [-0.39, 0.29) is 16.7 Å². The normalized spacial score (nSPS) is 12.0. The number of alkyl halides is 3. The first kappa shape index (κ1) is 20.7. The lowest BCUT2D eigenvalue weighted by Gasteiger charge is -2.06. The van der Waals surface area contributed by atoms with Crippen molar-refractivity contribution < 1.29 is 18.0 Å². The summed E-state index contributed by atoms with van der Waals surface area (Å²) in [6.07, 6.45) is 3.52. The van der Waals surface area contributed by atoms with Gasteiger partial charge in [0, 0.05) is 10.5 Å². The van der Waals surface area contributed by atoms with E-state index in [1.165, 1.54) is 12.1 Å². The first-order valence-corrected chi connectivity index (χ1v) is 10.0. The highest BCUT2D eigenvalue weighted by molar-refractivity contribution is 8.00. The summed E-state index contributed by atoms with van der Waals surface area (Å²) in [6.45, 7) is 0. The van der Waals surface area contributed by atoms with Crippen molar-refractivity contribution in [3.05, 3.63) is 83.7 Å². The molecule has 31 heavy (non-hydrogen) atoms. The van der Waals surface area contributed by atoms with E-state index >= 15 is 0 Å². The summed E-state index contributed by atoms with van der Waals surface area (Å²) in [6, 6.07) is 18.8. The number of hydrogen-bond acceptors (Lipinski definition) is 3. The Labute approximate surface area is 180 Å². The molecule has 1 heterocycles. The highest BCUT2D eigenvalue weighted by atomic mass is 32.2. The highest BCUT2D eigenvalue weighted by Crippen LogP contribution is 2.36. The molecular formula is C23H16F3N3OS. The van der Waals surface area contributed by atoms with E-state index in [4.69, 9.17) is 5.73 Å². The predicted octanol–water partition coefficient (Wildman–Crippen LogP) is 6.11. The molecule has 0 bridgehead atoms. The third-order valence-corrected chi connectivity index (χ3v) is 5.29. The summed E-state index contributed by atoms with van der Waals surface area (Å²) in [5, 5.41) is 0. The van der Waals surface area contributed by atoms with Crippen LogP contribution < -0.4 is 5.73 Å². The lowest BCUT2D eigenvalue weighted by molar-refractivity contribution is -0.0328. The second-order valence-electron chi connectivity index (χ2n) is 6.71. The van der Waals surface area contributed by atoms with Crippen LogP contribution in [0.25, 0.3) is 34.3 Å². The van der Waals surface area contributed by atoms with Crippen molar-refractivity contribution in [2.24, 2.45) is 5.73 Å². The van der Waals surface area contributed by atoms with Crippen LogP contribution in [0.2, 0.25) is 0 Å². The Hall–Kier alpha value is -3.52. The summed E-state index contributed by atoms with van der Waals surface area (Å²) >= 11 is -0.142. The van der Waals surface area contributed by atoms with Crippen LogP contribution in [-0.2, 0) is 0 Å². The molecule has 156 valence electrons. The van der Waals surface area contributed by atoms with Crippen molar-refractivity contribution in [1.82, 2.24) is 9.97 Å². The molecule has 0 saturated carbocycles. The molecule has 4 aromatic rings. The molecule has 0 aliphatic carbocycles. The first-order chi connectivity index (χ1) is 14.8. The summed E-state index contributed by atoms with van der Waals surface area (Å²) < 4.78 is 37.3. The van der Waals surface area contributed by atoms with Gasteiger partial charge in [0.15, 0.2) is 0 Å². The van der Waals surface area contributed by atoms with Crippen molar-refractivity contribution in [3.63, 3.8) is 0 Å². The van der Waals surface area contributed by atoms with Crippen LogP contribution in [0, 0.1) is 0 Å². The fourth-order valence-corrected chi connectivity index (χ4v) is 3.72. The van der Waals surface area contributed by atoms with Crippen molar-refractivity contribution in [3.8, 4) is 11.1 Å². The zero-order valence-corrected chi connectivity index (χ0v) is 16.8. The van der Waals surface area contributed by atoms with Crippen molar-refractivity contribution in [2.75, 3.05) is 0 Å². The SMILES string of the molecule is NC(=O)c1ccccc1-c1ccc2nc(C=Cc3ccc(SC(F)(F)F)cc3)[nH]c2c1. The number of rotatable bonds is 5.